The number of nitrogens with one attached hydrogen (secondary N) is 1. The molecule has 2 unspecified atom stereocenters. The molecule has 0 spiro atoms. The second-order valence-electron chi connectivity index (χ2n) is 9.68. The maximum atomic E-state index is 13.6. The van der Waals surface area contributed by atoms with E-state index in [1.165, 1.54) is 12.1 Å². The van der Waals surface area contributed by atoms with Gasteiger partial charge in [-0.1, -0.05) is 60.7 Å². The van der Waals surface area contributed by atoms with Gasteiger partial charge >= 0.3 is 0 Å². The first-order chi connectivity index (χ1) is 17.9. The number of piperazine rings is 1. The van der Waals surface area contributed by atoms with Gasteiger partial charge in [-0.05, 0) is 48.2 Å². The number of β-amino-alcohol motifs (C(OH)–C–C–N with tert-alkyl or cyclic N) is 1. The number of nitrogens with zero attached hydrogens (tertiary/aromatic N) is 2. The molecule has 0 bridgehead atoms. The topological polar surface area (TPSA) is 65.0 Å². The van der Waals surface area contributed by atoms with Crippen molar-refractivity contribution in [3.05, 3.63) is 101 Å². The van der Waals surface area contributed by atoms with E-state index in [9.17, 15) is 14.3 Å². The molecule has 1 aliphatic heterocycles. The number of hydrogen-bond donors (Lipinski definition) is 2. The van der Waals surface area contributed by atoms with Gasteiger partial charge < -0.3 is 15.2 Å². The van der Waals surface area contributed by atoms with E-state index in [0.29, 0.717) is 39.3 Å². The van der Waals surface area contributed by atoms with E-state index < -0.39 is 12.1 Å². The Morgan fingerprint density at radius 3 is 2.24 bits per heavy atom. The minimum atomic E-state index is -0.618. The van der Waals surface area contributed by atoms with Crippen LogP contribution in [0, 0.1) is 19.7 Å². The zero-order chi connectivity index (χ0) is 26.2. The van der Waals surface area contributed by atoms with Crippen LogP contribution in [0.25, 0.3) is 0 Å². The van der Waals surface area contributed by atoms with Gasteiger partial charge in [-0.2, -0.15) is 0 Å². The summed E-state index contributed by atoms with van der Waals surface area (Å²) in [6.07, 6.45) is -0.618. The van der Waals surface area contributed by atoms with Gasteiger partial charge in [-0.15, -0.1) is 0 Å². The highest BCUT2D eigenvalue weighted by Gasteiger charge is 2.31. The van der Waals surface area contributed by atoms with E-state index in [4.69, 9.17) is 4.74 Å². The molecule has 3 aromatic rings. The van der Waals surface area contributed by atoms with Crippen molar-refractivity contribution in [3.8, 4) is 5.75 Å². The monoisotopic (exact) mass is 505 g/mol. The maximum Gasteiger partial charge on any atom is 0.242 e. The number of aliphatic hydroxyl groups excluding tert-OH is 1. The molecule has 3 aromatic carbocycles. The second-order valence-corrected chi connectivity index (χ2v) is 9.68. The van der Waals surface area contributed by atoms with Gasteiger partial charge in [0.05, 0.1) is 0 Å². The molecule has 1 saturated heterocycles. The van der Waals surface area contributed by atoms with Crippen LogP contribution >= 0.6 is 0 Å². The molecule has 196 valence electrons. The normalized spacial score (nSPS) is 16.2. The Kier molecular flexibility index (Phi) is 9.28. The van der Waals surface area contributed by atoms with E-state index in [1.54, 1.807) is 12.1 Å². The molecule has 6 nitrogen and oxygen atoms in total. The van der Waals surface area contributed by atoms with Crippen LogP contribution in [0.2, 0.25) is 0 Å². The number of amides is 1. The molecule has 4 rings (SSSR count). The number of para-hydroxylation sites is 1. The molecule has 1 fully saturated rings. The van der Waals surface area contributed by atoms with Gasteiger partial charge in [0.15, 0.2) is 0 Å². The number of carbonyl (C=O) groups is 1. The van der Waals surface area contributed by atoms with Crippen LogP contribution in [-0.4, -0.2) is 66.2 Å². The van der Waals surface area contributed by atoms with Gasteiger partial charge in [0, 0.05) is 39.3 Å². The third kappa shape index (κ3) is 7.38. The maximum absolute atomic E-state index is 13.6. The Labute approximate surface area is 218 Å². The average Bonchev–Trinajstić information content (AvgIpc) is 2.90. The number of rotatable bonds is 10. The highest BCUT2D eigenvalue weighted by atomic mass is 19.1. The first-order valence-corrected chi connectivity index (χ1v) is 12.8. The first-order valence-electron chi connectivity index (χ1n) is 12.8. The molecule has 1 heterocycles. The summed E-state index contributed by atoms with van der Waals surface area (Å²) in [5.41, 5.74) is 3.90. The molecule has 7 heteroatoms. The fourth-order valence-electron chi connectivity index (χ4n) is 4.82. The van der Waals surface area contributed by atoms with E-state index in [2.05, 4.69) is 15.1 Å². The quantitative estimate of drug-likeness (QED) is 0.438. The predicted molar refractivity (Wildman–Crippen MR) is 143 cm³/mol. The molecule has 37 heavy (non-hydrogen) atoms. The highest BCUT2D eigenvalue weighted by molar-refractivity contribution is 5.83. The number of aryl methyl sites for hydroxylation is 2. The van der Waals surface area contributed by atoms with Crippen LogP contribution < -0.4 is 10.1 Å². The lowest BCUT2D eigenvalue weighted by Gasteiger charge is -2.39. The Bertz CT molecular complexity index is 1130. The number of aliphatic hydroxyl groups is 1. The minimum Gasteiger partial charge on any atom is -0.490 e. The molecule has 1 amide bonds. The Morgan fingerprint density at radius 1 is 0.946 bits per heavy atom. The predicted octanol–water partition coefficient (Wildman–Crippen LogP) is 3.86. The van der Waals surface area contributed by atoms with Crippen LogP contribution in [0.4, 0.5) is 4.39 Å². The van der Waals surface area contributed by atoms with Gasteiger partial charge in [-0.3, -0.25) is 14.6 Å². The lowest BCUT2D eigenvalue weighted by molar-refractivity contribution is -0.127. The minimum absolute atomic E-state index is 0.106. The van der Waals surface area contributed by atoms with Crippen LogP contribution in [-0.2, 0) is 11.3 Å². The second kappa shape index (κ2) is 12.8. The SMILES string of the molecule is Cc1cccc(C)c1OCC(O)CN1CCN(C(C(=O)NCc2ccccc2)c2ccc(F)cc2)CC1. The van der Waals surface area contributed by atoms with Gasteiger partial charge in [0.1, 0.15) is 30.3 Å². The van der Waals surface area contributed by atoms with Crippen molar-refractivity contribution >= 4 is 5.91 Å². The largest absolute Gasteiger partial charge is 0.490 e. The molecule has 0 aromatic heterocycles. The zero-order valence-corrected chi connectivity index (χ0v) is 21.6. The van der Waals surface area contributed by atoms with Crippen molar-refractivity contribution in [1.29, 1.82) is 0 Å². The molecular weight excluding hydrogens is 469 g/mol. The van der Waals surface area contributed by atoms with Crippen molar-refractivity contribution in [1.82, 2.24) is 15.1 Å². The van der Waals surface area contributed by atoms with Crippen LogP contribution in [0.5, 0.6) is 5.75 Å². The van der Waals surface area contributed by atoms with Gasteiger partial charge in [0.25, 0.3) is 0 Å². The molecule has 1 aliphatic rings. The Balaban J connectivity index is 1.33. The van der Waals surface area contributed by atoms with Crippen molar-refractivity contribution in [2.24, 2.45) is 0 Å². The summed E-state index contributed by atoms with van der Waals surface area (Å²) in [5.74, 6) is 0.398. The summed E-state index contributed by atoms with van der Waals surface area (Å²) in [6.45, 7) is 7.91. The zero-order valence-electron chi connectivity index (χ0n) is 21.6. The molecule has 0 radical (unpaired) electrons. The summed E-state index contributed by atoms with van der Waals surface area (Å²) >= 11 is 0. The average molecular weight is 506 g/mol. The number of hydrogen-bond acceptors (Lipinski definition) is 5. The van der Waals surface area contributed by atoms with Gasteiger partial charge in [0.2, 0.25) is 5.91 Å². The number of benzene rings is 3. The van der Waals surface area contributed by atoms with Gasteiger partial charge in [-0.25, -0.2) is 4.39 Å². The summed E-state index contributed by atoms with van der Waals surface area (Å²) in [7, 11) is 0. The van der Waals surface area contributed by atoms with Crippen molar-refractivity contribution in [3.63, 3.8) is 0 Å². The van der Waals surface area contributed by atoms with E-state index in [1.807, 2.05) is 62.4 Å². The fourth-order valence-corrected chi connectivity index (χ4v) is 4.82. The first kappa shape index (κ1) is 26.8. The van der Waals surface area contributed by atoms with Crippen LogP contribution in [0.3, 0.4) is 0 Å². The number of halogens is 1. The summed E-state index contributed by atoms with van der Waals surface area (Å²) in [5, 5.41) is 13.7. The summed E-state index contributed by atoms with van der Waals surface area (Å²) < 4.78 is 19.5. The highest BCUT2D eigenvalue weighted by Crippen LogP contribution is 2.24. The fraction of sp³-hybridized carbons (Fsp3) is 0.367. The third-order valence-corrected chi connectivity index (χ3v) is 6.81. The lowest BCUT2D eigenvalue weighted by Crippen LogP contribution is -2.52. The standard InChI is InChI=1S/C30H36FN3O3/c1-22-7-6-8-23(2)29(22)37-21-27(35)20-33-15-17-34(18-16-33)28(25-11-13-26(31)14-12-25)30(36)32-19-24-9-4-3-5-10-24/h3-14,27-28,35H,15-21H2,1-2H3,(H,32,36). The summed E-state index contributed by atoms with van der Waals surface area (Å²) in [6, 6.07) is 21.4. The summed E-state index contributed by atoms with van der Waals surface area (Å²) in [4.78, 5) is 17.6. The van der Waals surface area contributed by atoms with Crippen LogP contribution in [0.15, 0.2) is 72.8 Å². The molecular formula is C30H36FN3O3. The Hall–Kier alpha value is -3.26. The number of ether oxygens (including phenoxy) is 1. The van der Waals surface area contributed by atoms with Crippen molar-refractivity contribution in [2.45, 2.75) is 32.5 Å². The van der Waals surface area contributed by atoms with E-state index in [-0.39, 0.29) is 18.3 Å². The molecule has 0 saturated carbocycles. The lowest BCUT2D eigenvalue weighted by atomic mass is 10.0. The molecule has 2 N–H and O–H groups in total. The molecule has 2 atom stereocenters. The Morgan fingerprint density at radius 2 is 1.59 bits per heavy atom. The van der Waals surface area contributed by atoms with Crippen molar-refractivity contribution in [2.75, 3.05) is 39.3 Å². The molecule has 0 aliphatic carbocycles. The van der Waals surface area contributed by atoms with Crippen molar-refractivity contribution < 1.29 is 19.0 Å². The third-order valence-electron chi connectivity index (χ3n) is 6.81. The smallest absolute Gasteiger partial charge is 0.242 e. The van der Waals surface area contributed by atoms with Crippen LogP contribution in [0.1, 0.15) is 28.3 Å². The van der Waals surface area contributed by atoms with E-state index in [0.717, 1.165) is 28.0 Å². The number of carbonyl (C=O) groups excluding carboxylic acids is 1. The van der Waals surface area contributed by atoms with E-state index >= 15 is 0 Å².